The molecule has 0 bridgehead atoms. The Hall–Kier alpha value is -0.530. The molecule has 19 heavy (non-hydrogen) atoms. The highest BCUT2D eigenvalue weighted by Crippen LogP contribution is 2.39. The first-order valence-corrected chi connectivity index (χ1v) is 7.99. The third-order valence-corrected chi connectivity index (χ3v) is 5.76. The van der Waals surface area contributed by atoms with Gasteiger partial charge in [-0.15, -0.1) is 0 Å². The maximum atomic E-state index is 12.3. The molecule has 1 atom stereocenters. The largest absolute Gasteiger partial charge is 0.331 e. The van der Waals surface area contributed by atoms with Crippen LogP contribution in [-0.4, -0.2) is 45.8 Å². The average molecular weight is 331 g/mol. The Bertz CT molecular complexity index is 506. The van der Waals surface area contributed by atoms with Crippen LogP contribution in [0, 0.1) is 5.92 Å². The van der Waals surface area contributed by atoms with E-state index >= 15 is 0 Å². The smallest absolute Gasteiger partial charge is 0.271 e. The van der Waals surface area contributed by atoms with Gasteiger partial charge in [-0.05, 0) is 19.8 Å². The van der Waals surface area contributed by atoms with Gasteiger partial charge in [-0.2, -0.15) is 8.42 Å². The second kappa shape index (κ2) is 5.10. The van der Waals surface area contributed by atoms with E-state index < -0.39 is 38.3 Å². The van der Waals surface area contributed by atoms with Gasteiger partial charge >= 0.3 is 10.2 Å². The van der Waals surface area contributed by atoms with E-state index in [4.69, 9.17) is 23.2 Å². The first kappa shape index (κ1) is 16.5. The van der Waals surface area contributed by atoms with Gasteiger partial charge in [0.1, 0.15) is 5.54 Å². The lowest BCUT2D eigenvalue weighted by molar-refractivity contribution is -0.141. The van der Waals surface area contributed by atoms with Crippen LogP contribution in [0.3, 0.4) is 0 Å². The molecular weight excluding hydrogens is 315 g/mol. The minimum Gasteiger partial charge on any atom is -0.271 e. The first-order valence-electron chi connectivity index (χ1n) is 5.72. The molecule has 0 spiro atoms. The normalized spacial score (nSPS) is 26.6. The maximum Gasteiger partial charge on any atom is 0.331 e. The molecule has 0 saturated carbocycles. The molecule has 1 rings (SSSR count). The zero-order chi connectivity index (χ0) is 15.2. The van der Waals surface area contributed by atoms with E-state index in [0.29, 0.717) is 8.61 Å². The second-order valence-electron chi connectivity index (χ2n) is 4.68. The summed E-state index contributed by atoms with van der Waals surface area (Å²) in [6, 6.07) is 0. The number of nitrogens with zero attached hydrogens (tertiary/aromatic N) is 2. The van der Waals surface area contributed by atoms with E-state index in [1.165, 1.54) is 13.8 Å². The quantitative estimate of drug-likeness (QED) is 0.727. The number of carbonyl (C=O) groups is 2. The van der Waals surface area contributed by atoms with Gasteiger partial charge in [0.25, 0.3) is 11.8 Å². The molecular formula is C10H16Cl2N2O4S. The lowest BCUT2D eigenvalue weighted by atomic mass is 9.87. The minimum atomic E-state index is -4.23. The summed E-state index contributed by atoms with van der Waals surface area (Å²) >= 11 is 11.0. The molecule has 2 amide bonds. The van der Waals surface area contributed by atoms with Crippen LogP contribution in [-0.2, 0) is 19.8 Å². The van der Waals surface area contributed by atoms with Crippen molar-refractivity contribution in [3.63, 3.8) is 0 Å². The van der Waals surface area contributed by atoms with Crippen LogP contribution in [0.5, 0.6) is 0 Å². The summed E-state index contributed by atoms with van der Waals surface area (Å²) in [6.07, 6.45) is 0. The number of amides is 2. The Morgan fingerprint density at radius 3 is 2.16 bits per heavy atom. The number of alkyl halides is 2. The van der Waals surface area contributed by atoms with E-state index in [0.717, 1.165) is 0 Å². The van der Waals surface area contributed by atoms with Crippen LogP contribution in [0.25, 0.3) is 0 Å². The van der Waals surface area contributed by atoms with Crippen molar-refractivity contribution in [3.05, 3.63) is 0 Å². The number of hydrogen-bond donors (Lipinski definition) is 0. The highest BCUT2D eigenvalue weighted by Gasteiger charge is 2.62. The summed E-state index contributed by atoms with van der Waals surface area (Å²) in [5, 5.41) is 0. The minimum absolute atomic E-state index is 0.0531. The molecule has 110 valence electrons. The third-order valence-electron chi connectivity index (χ3n) is 3.39. The standard InChI is InChI=1S/C10H16Cl2N2O4S/c1-5-13-9(16)10(4,6(2)3)14(19(13,17)18)8(15)7(11)12/h6-7H,5H2,1-4H3. The summed E-state index contributed by atoms with van der Waals surface area (Å²) in [7, 11) is -4.23. The van der Waals surface area contributed by atoms with E-state index in [2.05, 4.69) is 0 Å². The number of hydrogen-bond acceptors (Lipinski definition) is 4. The molecule has 0 aromatic heterocycles. The van der Waals surface area contributed by atoms with Crippen LogP contribution < -0.4 is 0 Å². The van der Waals surface area contributed by atoms with Crippen molar-refractivity contribution in [1.29, 1.82) is 0 Å². The van der Waals surface area contributed by atoms with Gasteiger partial charge in [0, 0.05) is 6.54 Å². The fourth-order valence-corrected chi connectivity index (χ4v) is 4.33. The van der Waals surface area contributed by atoms with Crippen molar-refractivity contribution in [2.75, 3.05) is 6.54 Å². The van der Waals surface area contributed by atoms with Gasteiger partial charge in [0.15, 0.2) is 4.84 Å². The number of halogens is 2. The van der Waals surface area contributed by atoms with Gasteiger partial charge < -0.3 is 0 Å². The van der Waals surface area contributed by atoms with Gasteiger partial charge in [0.05, 0.1) is 0 Å². The number of rotatable bonds is 3. The molecule has 1 aliphatic rings. The summed E-state index contributed by atoms with van der Waals surface area (Å²) in [5.41, 5.74) is -1.51. The molecule has 1 fully saturated rings. The zero-order valence-corrected chi connectivity index (χ0v) is 13.4. The molecule has 1 heterocycles. The van der Waals surface area contributed by atoms with E-state index in [9.17, 15) is 18.0 Å². The summed E-state index contributed by atoms with van der Waals surface area (Å²) in [6.45, 7) is 6.18. The Morgan fingerprint density at radius 2 is 1.84 bits per heavy atom. The van der Waals surface area contributed by atoms with Crippen LogP contribution in [0.4, 0.5) is 0 Å². The molecule has 0 N–H and O–H groups in total. The Labute approximate surface area is 122 Å². The highest BCUT2D eigenvalue weighted by molar-refractivity contribution is 7.88. The van der Waals surface area contributed by atoms with Crippen molar-refractivity contribution in [2.24, 2.45) is 5.92 Å². The van der Waals surface area contributed by atoms with Crippen LogP contribution >= 0.6 is 23.2 Å². The maximum absolute atomic E-state index is 12.3. The molecule has 0 radical (unpaired) electrons. The predicted octanol–water partition coefficient (Wildman–Crippen LogP) is 1.14. The molecule has 0 aromatic carbocycles. The monoisotopic (exact) mass is 330 g/mol. The number of carbonyl (C=O) groups excluding carboxylic acids is 2. The molecule has 1 aliphatic heterocycles. The second-order valence-corrected chi connectivity index (χ2v) is 7.48. The van der Waals surface area contributed by atoms with Crippen molar-refractivity contribution in [2.45, 2.75) is 38.1 Å². The lowest BCUT2D eigenvalue weighted by Gasteiger charge is -2.33. The van der Waals surface area contributed by atoms with Crippen LogP contribution in [0.1, 0.15) is 27.7 Å². The third kappa shape index (κ3) is 2.21. The first-order chi connectivity index (χ1) is 8.52. The Balaban J connectivity index is 3.53. The summed E-state index contributed by atoms with van der Waals surface area (Å²) in [4.78, 5) is 22.8. The molecule has 1 saturated heterocycles. The predicted molar refractivity (Wildman–Crippen MR) is 71.9 cm³/mol. The summed E-state index contributed by atoms with van der Waals surface area (Å²) < 4.78 is 25.8. The molecule has 6 nitrogen and oxygen atoms in total. The van der Waals surface area contributed by atoms with E-state index in [1.54, 1.807) is 13.8 Å². The van der Waals surface area contributed by atoms with Gasteiger partial charge in [-0.3, -0.25) is 9.59 Å². The zero-order valence-electron chi connectivity index (χ0n) is 11.1. The SMILES string of the molecule is CCN1C(=O)C(C)(C(C)C)N(C(=O)C(Cl)Cl)S1(=O)=O. The van der Waals surface area contributed by atoms with Crippen LogP contribution in [0.15, 0.2) is 0 Å². The van der Waals surface area contributed by atoms with Gasteiger partial charge in [0.2, 0.25) is 0 Å². The lowest BCUT2D eigenvalue weighted by Crippen LogP contribution is -2.55. The fourth-order valence-electron chi connectivity index (χ4n) is 2.00. The van der Waals surface area contributed by atoms with Crippen molar-refractivity contribution in [3.8, 4) is 0 Å². The van der Waals surface area contributed by atoms with Crippen molar-refractivity contribution in [1.82, 2.24) is 8.61 Å². The fraction of sp³-hybridized carbons (Fsp3) is 0.800. The van der Waals surface area contributed by atoms with E-state index in [-0.39, 0.29) is 6.54 Å². The van der Waals surface area contributed by atoms with Crippen molar-refractivity contribution < 1.29 is 18.0 Å². The molecule has 1 unspecified atom stereocenters. The summed E-state index contributed by atoms with van der Waals surface area (Å²) in [5.74, 6) is -2.07. The van der Waals surface area contributed by atoms with E-state index in [1.807, 2.05) is 0 Å². The molecule has 0 aliphatic carbocycles. The van der Waals surface area contributed by atoms with Crippen LogP contribution in [0.2, 0.25) is 0 Å². The molecule has 9 heteroatoms. The topological polar surface area (TPSA) is 74.8 Å². The number of likely N-dealkylation sites (N-methyl/N-ethyl adjacent to an activating group) is 1. The molecule has 0 aromatic rings. The highest BCUT2D eigenvalue weighted by atomic mass is 35.5. The Morgan fingerprint density at radius 1 is 1.37 bits per heavy atom. The Kier molecular flexibility index (Phi) is 4.44. The van der Waals surface area contributed by atoms with Crippen molar-refractivity contribution >= 4 is 45.2 Å². The van der Waals surface area contributed by atoms with Gasteiger partial charge in [-0.1, -0.05) is 37.0 Å². The van der Waals surface area contributed by atoms with Gasteiger partial charge in [-0.25, -0.2) is 8.61 Å². The average Bonchev–Trinajstić information content (AvgIpc) is 2.42.